The number of aromatic nitrogens is 1. The monoisotopic (exact) mass is 258 g/mol. The first kappa shape index (κ1) is 13.7. The molecule has 1 heterocycles. The third-order valence-electron chi connectivity index (χ3n) is 2.95. The van der Waals surface area contributed by atoms with Gasteiger partial charge in [-0.3, -0.25) is 0 Å². The third kappa shape index (κ3) is 3.38. The third-order valence-corrected chi connectivity index (χ3v) is 2.95. The first-order valence-corrected chi connectivity index (χ1v) is 6.78. The van der Waals surface area contributed by atoms with Crippen LogP contribution in [0.5, 0.6) is 5.75 Å². The van der Waals surface area contributed by atoms with Crippen LogP contribution < -0.4 is 10.1 Å². The predicted octanol–water partition coefficient (Wildman–Crippen LogP) is 3.20. The average Bonchev–Trinajstić information content (AvgIpc) is 2.79. The highest BCUT2D eigenvalue weighted by molar-refractivity contribution is 5.86. The molecule has 3 heteroatoms. The highest BCUT2D eigenvalue weighted by Gasteiger charge is 2.07. The van der Waals surface area contributed by atoms with Crippen LogP contribution in [0.15, 0.2) is 43.1 Å². The number of rotatable bonds is 7. The Balaban J connectivity index is 2.16. The average molecular weight is 258 g/mol. The van der Waals surface area contributed by atoms with Crippen molar-refractivity contribution in [1.82, 2.24) is 9.88 Å². The fraction of sp³-hybridized carbons (Fsp3) is 0.375. The first-order valence-electron chi connectivity index (χ1n) is 6.78. The first-order chi connectivity index (χ1) is 9.22. The lowest BCUT2D eigenvalue weighted by molar-refractivity contribution is 0.245. The Morgan fingerprint density at radius 1 is 1.37 bits per heavy atom. The largest absolute Gasteiger partial charge is 0.490 e. The molecular formula is C16H22N2O. The van der Waals surface area contributed by atoms with Gasteiger partial charge in [-0.05, 0) is 32.0 Å². The van der Waals surface area contributed by atoms with Crippen molar-refractivity contribution in [3.63, 3.8) is 0 Å². The van der Waals surface area contributed by atoms with E-state index in [0.717, 1.165) is 25.4 Å². The van der Waals surface area contributed by atoms with Gasteiger partial charge in [0, 0.05) is 31.2 Å². The van der Waals surface area contributed by atoms with E-state index >= 15 is 0 Å². The molecule has 0 spiro atoms. The van der Waals surface area contributed by atoms with Gasteiger partial charge in [-0.15, -0.1) is 6.58 Å². The minimum atomic E-state index is 0.197. The zero-order chi connectivity index (χ0) is 13.7. The van der Waals surface area contributed by atoms with Crippen molar-refractivity contribution < 1.29 is 4.74 Å². The molecule has 0 saturated carbocycles. The molecule has 0 amide bonds. The van der Waals surface area contributed by atoms with E-state index in [-0.39, 0.29) is 6.10 Å². The number of ether oxygens (including phenoxy) is 1. The molecule has 2 aromatic rings. The summed E-state index contributed by atoms with van der Waals surface area (Å²) >= 11 is 0. The number of fused-ring (bicyclic) bond motifs is 1. The van der Waals surface area contributed by atoms with Crippen LogP contribution in [0.3, 0.4) is 0 Å². The molecule has 19 heavy (non-hydrogen) atoms. The molecule has 102 valence electrons. The lowest BCUT2D eigenvalue weighted by Crippen LogP contribution is -2.19. The van der Waals surface area contributed by atoms with E-state index in [4.69, 9.17) is 4.74 Å². The summed E-state index contributed by atoms with van der Waals surface area (Å²) in [7, 11) is 0. The molecule has 0 fully saturated rings. The van der Waals surface area contributed by atoms with E-state index < -0.39 is 0 Å². The molecule has 3 nitrogen and oxygen atoms in total. The quantitative estimate of drug-likeness (QED) is 0.609. The minimum Gasteiger partial charge on any atom is -0.490 e. The molecule has 2 rings (SSSR count). The highest BCUT2D eigenvalue weighted by Crippen LogP contribution is 2.27. The molecule has 0 unspecified atom stereocenters. The molecule has 1 N–H and O–H groups in total. The van der Waals surface area contributed by atoms with Gasteiger partial charge in [-0.1, -0.05) is 12.1 Å². The summed E-state index contributed by atoms with van der Waals surface area (Å²) in [6, 6.07) is 8.34. The van der Waals surface area contributed by atoms with E-state index in [2.05, 4.69) is 48.6 Å². The fourth-order valence-electron chi connectivity index (χ4n) is 2.15. The maximum atomic E-state index is 5.84. The van der Waals surface area contributed by atoms with Gasteiger partial charge in [0.2, 0.25) is 0 Å². The van der Waals surface area contributed by atoms with Crippen molar-refractivity contribution >= 4 is 10.9 Å². The minimum absolute atomic E-state index is 0.197. The van der Waals surface area contributed by atoms with Crippen molar-refractivity contribution in [3.8, 4) is 5.75 Å². The maximum Gasteiger partial charge on any atom is 0.129 e. The van der Waals surface area contributed by atoms with Gasteiger partial charge in [-0.25, -0.2) is 0 Å². The van der Waals surface area contributed by atoms with Crippen LogP contribution in [0.1, 0.15) is 13.8 Å². The molecule has 0 aliphatic rings. The maximum absolute atomic E-state index is 5.84. The summed E-state index contributed by atoms with van der Waals surface area (Å²) in [5.74, 6) is 0.963. The Morgan fingerprint density at radius 2 is 2.21 bits per heavy atom. The van der Waals surface area contributed by atoms with E-state index in [1.807, 2.05) is 18.2 Å². The molecule has 0 radical (unpaired) electrons. The smallest absolute Gasteiger partial charge is 0.129 e. The summed E-state index contributed by atoms with van der Waals surface area (Å²) in [6.07, 6.45) is 4.19. The van der Waals surface area contributed by atoms with Gasteiger partial charge < -0.3 is 14.6 Å². The van der Waals surface area contributed by atoms with E-state index in [1.54, 1.807) is 0 Å². The Hall–Kier alpha value is -1.74. The SMILES string of the molecule is C=CCNCCn1ccc2c(OC(C)C)cccc21. The van der Waals surface area contributed by atoms with Gasteiger partial charge in [0.05, 0.1) is 11.6 Å². The van der Waals surface area contributed by atoms with Crippen molar-refractivity contribution in [2.45, 2.75) is 26.5 Å². The van der Waals surface area contributed by atoms with Crippen LogP contribution in [-0.2, 0) is 6.54 Å². The predicted molar refractivity (Wildman–Crippen MR) is 80.8 cm³/mol. The van der Waals surface area contributed by atoms with Crippen LogP contribution in [0.25, 0.3) is 10.9 Å². The van der Waals surface area contributed by atoms with Crippen LogP contribution in [0, 0.1) is 0 Å². The van der Waals surface area contributed by atoms with E-state index in [0.29, 0.717) is 0 Å². The van der Waals surface area contributed by atoms with Gasteiger partial charge in [0.25, 0.3) is 0 Å². The van der Waals surface area contributed by atoms with Crippen molar-refractivity contribution in [1.29, 1.82) is 0 Å². The summed E-state index contributed by atoms with van der Waals surface area (Å²) in [5.41, 5.74) is 1.22. The lowest BCUT2D eigenvalue weighted by Gasteiger charge is -2.11. The fourth-order valence-corrected chi connectivity index (χ4v) is 2.15. The molecular weight excluding hydrogens is 236 g/mol. The highest BCUT2D eigenvalue weighted by atomic mass is 16.5. The number of hydrogen-bond acceptors (Lipinski definition) is 2. The molecule has 0 atom stereocenters. The summed E-state index contributed by atoms with van der Waals surface area (Å²) < 4.78 is 8.09. The number of hydrogen-bond donors (Lipinski definition) is 1. The molecule has 1 aromatic heterocycles. The summed E-state index contributed by atoms with van der Waals surface area (Å²) in [6.45, 7) is 10.5. The normalized spacial score (nSPS) is 11.1. The lowest BCUT2D eigenvalue weighted by atomic mass is 10.2. The van der Waals surface area contributed by atoms with Crippen LogP contribution >= 0.6 is 0 Å². The van der Waals surface area contributed by atoms with Crippen LogP contribution in [0.4, 0.5) is 0 Å². The van der Waals surface area contributed by atoms with E-state index in [1.165, 1.54) is 10.9 Å². The van der Waals surface area contributed by atoms with Gasteiger partial charge in [0.1, 0.15) is 5.75 Å². The summed E-state index contributed by atoms with van der Waals surface area (Å²) in [4.78, 5) is 0. The number of benzene rings is 1. The Kier molecular flexibility index (Phi) is 4.63. The van der Waals surface area contributed by atoms with E-state index in [9.17, 15) is 0 Å². The molecule has 0 aliphatic heterocycles. The van der Waals surface area contributed by atoms with Gasteiger partial charge in [-0.2, -0.15) is 0 Å². The zero-order valence-electron chi connectivity index (χ0n) is 11.7. The van der Waals surface area contributed by atoms with Crippen molar-refractivity contribution in [2.75, 3.05) is 13.1 Å². The molecule has 0 aliphatic carbocycles. The van der Waals surface area contributed by atoms with Crippen LogP contribution in [0.2, 0.25) is 0 Å². The van der Waals surface area contributed by atoms with Gasteiger partial charge in [0.15, 0.2) is 0 Å². The topological polar surface area (TPSA) is 26.2 Å². The Bertz CT molecular complexity index is 543. The summed E-state index contributed by atoms with van der Waals surface area (Å²) in [5, 5.41) is 4.50. The Labute approximate surface area is 114 Å². The molecule has 0 saturated heterocycles. The van der Waals surface area contributed by atoms with Crippen molar-refractivity contribution in [2.24, 2.45) is 0 Å². The Morgan fingerprint density at radius 3 is 2.95 bits per heavy atom. The van der Waals surface area contributed by atoms with Gasteiger partial charge >= 0.3 is 0 Å². The number of nitrogens with zero attached hydrogens (tertiary/aromatic N) is 1. The second-order valence-electron chi connectivity index (χ2n) is 4.86. The number of nitrogens with one attached hydrogen (secondary N) is 1. The molecule has 0 bridgehead atoms. The van der Waals surface area contributed by atoms with Crippen molar-refractivity contribution in [3.05, 3.63) is 43.1 Å². The standard InChI is InChI=1S/C16H22N2O/c1-4-9-17-10-12-18-11-8-14-15(18)6-5-7-16(14)19-13(2)3/h4-8,11,13,17H,1,9-10,12H2,2-3H3. The second-order valence-corrected chi connectivity index (χ2v) is 4.86. The zero-order valence-corrected chi connectivity index (χ0v) is 11.7. The molecule has 1 aromatic carbocycles. The van der Waals surface area contributed by atoms with Crippen LogP contribution in [-0.4, -0.2) is 23.8 Å². The second kappa shape index (κ2) is 6.43.